The van der Waals surface area contributed by atoms with Gasteiger partial charge in [-0.1, -0.05) is 13.8 Å². The van der Waals surface area contributed by atoms with Crippen molar-refractivity contribution in [1.82, 2.24) is 19.8 Å². The van der Waals surface area contributed by atoms with Crippen molar-refractivity contribution in [2.24, 2.45) is 5.92 Å². The Morgan fingerprint density at radius 1 is 1.35 bits per heavy atom. The van der Waals surface area contributed by atoms with E-state index in [-0.39, 0.29) is 17.9 Å². The van der Waals surface area contributed by atoms with Gasteiger partial charge in [-0.25, -0.2) is 4.98 Å². The van der Waals surface area contributed by atoms with Crippen LogP contribution in [0.1, 0.15) is 51.3 Å². The highest BCUT2D eigenvalue weighted by Gasteiger charge is 2.32. The Morgan fingerprint density at radius 2 is 2.09 bits per heavy atom. The number of amides is 2. The number of piperidine rings is 1. The fourth-order valence-electron chi connectivity index (χ4n) is 3.61. The van der Waals surface area contributed by atoms with Crippen molar-refractivity contribution in [2.45, 2.75) is 58.0 Å². The molecule has 0 aromatic carbocycles. The molecule has 1 aromatic rings. The summed E-state index contributed by atoms with van der Waals surface area (Å²) in [5.41, 5.74) is 0. The highest BCUT2D eigenvalue weighted by Crippen LogP contribution is 2.23. The lowest BCUT2D eigenvalue weighted by Crippen LogP contribution is -2.47. The summed E-state index contributed by atoms with van der Waals surface area (Å²) < 4.78 is 2.25. The third kappa shape index (κ3) is 3.57. The molecule has 2 fully saturated rings. The number of likely N-dealkylation sites (tertiary alicyclic amines) is 1. The third-order valence-electron chi connectivity index (χ3n) is 4.94. The van der Waals surface area contributed by atoms with Gasteiger partial charge in [-0.3, -0.25) is 9.59 Å². The first-order valence-corrected chi connectivity index (χ1v) is 8.63. The number of nitrogens with one attached hydrogen (secondary N) is 1. The van der Waals surface area contributed by atoms with Gasteiger partial charge in [0.15, 0.2) is 0 Å². The maximum atomic E-state index is 12.4. The van der Waals surface area contributed by atoms with Crippen molar-refractivity contribution >= 4 is 11.8 Å². The van der Waals surface area contributed by atoms with Gasteiger partial charge >= 0.3 is 0 Å². The SMILES string of the molecule is CC(C)c1nccn1CC1CCN(C(=O)C2CCC(=O)N2)CC1. The zero-order valence-corrected chi connectivity index (χ0v) is 14.0. The van der Waals surface area contributed by atoms with E-state index in [1.165, 1.54) is 0 Å². The first-order chi connectivity index (χ1) is 11.0. The summed E-state index contributed by atoms with van der Waals surface area (Å²) in [5.74, 6) is 2.25. The van der Waals surface area contributed by atoms with Crippen LogP contribution in [0.2, 0.25) is 0 Å². The minimum atomic E-state index is -0.291. The van der Waals surface area contributed by atoms with Crippen LogP contribution < -0.4 is 5.32 Å². The van der Waals surface area contributed by atoms with Crippen LogP contribution in [0, 0.1) is 5.92 Å². The Morgan fingerprint density at radius 3 is 2.70 bits per heavy atom. The van der Waals surface area contributed by atoms with Crippen molar-refractivity contribution in [3.63, 3.8) is 0 Å². The lowest BCUT2D eigenvalue weighted by atomic mass is 9.96. The zero-order chi connectivity index (χ0) is 16.4. The third-order valence-corrected chi connectivity index (χ3v) is 4.94. The Labute approximate surface area is 137 Å². The Bertz CT molecular complexity index is 573. The molecule has 23 heavy (non-hydrogen) atoms. The summed E-state index contributed by atoms with van der Waals surface area (Å²) in [4.78, 5) is 30.0. The highest BCUT2D eigenvalue weighted by molar-refractivity contribution is 5.90. The minimum absolute atomic E-state index is 0.000409. The molecule has 0 bridgehead atoms. The molecule has 3 rings (SSSR count). The van der Waals surface area contributed by atoms with Gasteiger partial charge in [0.25, 0.3) is 0 Å². The van der Waals surface area contributed by atoms with Crippen LogP contribution >= 0.6 is 0 Å². The van der Waals surface area contributed by atoms with E-state index < -0.39 is 0 Å². The molecule has 2 amide bonds. The molecular weight excluding hydrogens is 292 g/mol. The van der Waals surface area contributed by atoms with Crippen molar-refractivity contribution in [3.05, 3.63) is 18.2 Å². The molecule has 1 atom stereocenters. The van der Waals surface area contributed by atoms with E-state index in [4.69, 9.17) is 0 Å². The van der Waals surface area contributed by atoms with Gasteiger partial charge in [0.05, 0.1) is 0 Å². The topological polar surface area (TPSA) is 67.2 Å². The summed E-state index contributed by atoms with van der Waals surface area (Å²) in [6.45, 7) is 6.89. The maximum Gasteiger partial charge on any atom is 0.245 e. The van der Waals surface area contributed by atoms with Crippen LogP contribution in [-0.4, -0.2) is 45.4 Å². The van der Waals surface area contributed by atoms with Crippen molar-refractivity contribution in [1.29, 1.82) is 0 Å². The summed E-state index contributed by atoms with van der Waals surface area (Å²) in [5, 5.41) is 2.78. The van der Waals surface area contributed by atoms with Crippen LogP contribution in [0.15, 0.2) is 12.4 Å². The molecule has 0 radical (unpaired) electrons. The number of rotatable bonds is 4. The fourth-order valence-corrected chi connectivity index (χ4v) is 3.61. The molecular formula is C17H26N4O2. The molecule has 1 aromatic heterocycles. The lowest BCUT2D eigenvalue weighted by Gasteiger charge is -2.34. The predicted octanol–water partition coefficient (Wildman–Crippen LogP) is 1.52. The second kappa shape index (κ2) is 6.72. The van der Waals surface area contributed by atoms with Crippen LogP contribution in [-0.2, 0) is 16.1 Å². The summed E-state index contributed by atoms with van der Waals surface area (Å²) in [6, 6.07) is -0.291. The van der Waals surface area contributed by atoms with Crippen molar-refractivity contribution < 1.29 is 9.59 Å². The standard InChI is InChI=1S/C17H26N4O2/c1-12(2)16-18-7-10-21(16)11-13-5-8-20(9-6-13)17(23)14-3-4-15(22)19-14/h7,10,12-14H,3-6,8-9,11H2,1-2H3,(H,19,22). The summed E-state index contributed by atoms with van der Waals surface area (Å²) in [7, 11) is 0. The largest absolute Gasteiger partial charge is 0.344 e. The summed E-state index contributed by atoms with van der Waals surface area (Å²) in [6.07, 6.45) is 7.08. The van der Waals surface area contributed by atoms with Crippen LogP contribution in [0.3, 0.4) is 0 Å². The van der Waals surface area contributed by atoms with Gasteiger partial charge in [-0.2, -0.15) is 0 Å². The van der Waals surface area contributed by atoms with Gasteiger partial charge in [0.1, 0.15) is 11.9 Å². The molecule has 2 aliphatic rings. The van der Waals surface area contributed by atoms with Crippen molar-refractivity contribution in [2.75, 3.05) is 13.1 Å². The van der Waals surface area contributed by atoms with Crippen LogP contribution in [0.25, 0.3) is 0 Å². The molecule has 6 nitrogen and oxygen atoms in total. The quantitative estimate of drug-likeness (QED) is 0.915. The van der Waals surface area contributed by atoms with Gasteiger partial charge in [0, 0.05) is 44.4 Å². The number of carbonyl (C=O) groups excluding carboxylic acids is 2. The normalized spacial score (nSPS) is 22.7. The van der Waals surface area contributed by atoms with Gasteiger partial charge in [0.2, 0.25) is 11.8 Å². The highest BCUT2D eigenvalue weighted by atomic mass is 16.2. The van der Waals surface area contributed by atoms with E-state index in [1.54, 1.807) is 0 Å². The van der Waals surface area contributed by atoms with Gasteiger partial charge in [-0.15, -0.1) is 0 Å². The molecule has 3 heterocycles. The number of hydrogen-bond acceptors (Lipinski definition) is 3. The lowest BCUT2D eigenvalue weighted by molar-refractivity contribution is -0.135. The van der Waals surface area contributed by atoms with E-state index in [0.29, 0.717) is 24.7 Å². The van der Waals surface area contributed by atoms with E-state index in [0.717, 1.165) is 38.3 Å². The first-order valence-electron chi connectivity index (χ1n) is 8.63. The average molecular weight is 318 g/mol. The molecule has 2 saturated heterocycles. The predicted molar refractivity (Wildman–Crippen MR) is 86.8 cm³/mol. The number of carbonyl (C=O) groups is 2. The van der Waals surface area contributed by atoms with E-state index in [2.05, 4.69) is 34.9 Å². The smallest absolute Gasteiger partial charge is 0.245 e. The van der Waals surface area contributed by atoms with Gasteiger partial charge < -0.3 is 14.8 Å². The monoisotopic (exact) mass is 318 g/mol. The second-order valence-electron chi connectivity index (χ2n) is 7.02. The van der Waals surface area contributed by atoms with E-state index in [1.807, 2.05) is 11.1 Å². The number of imidazole rings is 1. The molecule has 0 spiro atoms. The number of nitrogens with zero attached hydrogens (tertiary/aromatic N) is 3. The van der Waals surface area contributed by atoms with Crippen LogP contribution in [0.4, 0.5) is 0 Å². The fraction of sp³-hybridized carbons (Fsp3) is 0.706. The Kier molecular flexibility index (Phi) is 4.68. The Hall–Kier alpha value is -1.85. The van der Waals surface area contributed by atoms with Crippen LogP contribution in [0.5, 0.6) is 0 Å². The molecule has 6 heteroatoms. The Balaban J connectivity index is 1.51. The zero-order valence-electron chi connectivity index (χ0n) is 14.0. The van der Waals surface area contributed by atoms with E-state index in [9.17, 15) is 9.59 Å². The van der Waals surface area contributed by atoms with Crippen molar-refractivity contribution in [3.8, 4) is 0 Å². The molecule has 0 aliphatic carbocycles. The maximum absolute atomic E-state index is 12.4. The molecule has 2 aliphatic heterocycles. The second-order valence-corrected chi connectivity index (χ2v) is 7.02. The minimum Gasteiger partial charge on any atom is -0.344 e. The number of hydrogen-bond donors (Lipinski definition) is 1. The molecule has 1 unspecified atom stereocenters. The first kappa shape index (κ1) is 16.0. The van der Waals surface area contributed by atoms with Gasteiger partial charge in [-0.05, 0) is 25.2 Å². The average Bonchev–Trinajstić information content (AvgIpc) is 3.16. The molecule has 126 valence electrons. The molecule has 0 saturated carbocycles. The number of aromatic nitrogens is 2. The molecule has 1 N–H and O–H groups in total. The summed E-state index contributed by atoms with van der Waals surface area (Å²) >= 11 is 0. The van der Waals surface area contributed by atoms with E-state index >= 15 is 0 Å².